The maximum atomic E-state index is 11.8. The Morgan fingerprint density at radius 2 is 2.14 bits per heavy atom. The number of carbonyl (C=O) groups excluding carboxylic acids is 1. The molecule has 1 heterocycles. The van der Waals surface area contributed by atoms with Crippen LogP contribution in [0, 0.1) is 0 Å². The third kappa shape index (κ3) is 3.16. The fourth-order valence-corrected chi connectivity index (χ4v) is 3.57. The van der Waals surface area contributed by atoms with Crippen molar-refractivity contribution in [2.24, 2.45) is 5.73 Å². The summed E-state index contributed by atoms with van der Waals surface area (Å²) in [6.45, 7) is 3.85. The average Bonchev–Trinajstić information content (AvgIpc) is 2.37. The van der Waals surface area contributed by atoms with E-state index in [1.165, 1.54) is 5.56 Å². The third-order valence-corrected chi connectivity index (χ3v) is 4.40. The number of fused-ring (bicyclic) bond motifs is 4. The second-order valence-corrected chi connectivity index (χ2v) is 6.42. The van der Waals surface area contributed by atoms with Crippen molar-refractivity contribution >= 4 is 18.3 Å². The summed E-state index contributed by atoms with van der Waals surface area (Å²) in [7, 11) is 0. The van der Waals surface area contributed by atoms with Crippen LogP contribution in [0.4, 0.5) is 0 Å². The van der Waals surface area contributed by atoms with E-state index in [1.54, 1.807) is 6.92 Å². The number of nitrogens with one attached hydrogen (secondary N) is 1. The monoisotopic (exact) mass is 310 g/mol. The summed E-state index contributed by atoms with van der Waals surface area (Å²) < 4.78 is 6.18. The molecule has 3 N–H and O–H groups in total. The molecular formula is C16H23ClN2O2. The predicted molar refractivity (Wildman–Crippen MR) is 84.9 cm³/mol. The van der Waals surface area contributed by atoms with Crippen LogP contribution in [0.25, 0.3) is 0 Å². The molecule has 2 bridgehead atoms. The fraction of sp³-hybridized carbons (Fsp3) is 0.562. The standard InChI is InChI=1S/C16H22N2O2.ClH/c1-10(17)15(19)18-12-7-11-8-16(2,9-12)20-14-6-4-3-5-13(11)14;/h3-6,10-12H,7-9,17H2,1-2H3,(H,18,19);1H/t10?,11?,12-,16?;/m0./s1. The number of amides is 1. The predicted octanol–water partition coefficient (Wildman–Crippen LogP) is 2.36. The zero-order valence-corrected chi connectivity index (χ0v) is 13.3. The number of carbonyl (C=O) groups is 1. The lowest BCUT2D eigenvalue weighted by Crippen LogP contribution is -2.53. The van der Waals surface area contributed by atoms with Crippen molar-refractivity contribution in [1.82, 2.24) is 5.32 Å². The first-order valence-corrected chi connectivity index (χ1v) is 7.31. The Morgan fingerprint density at radius 1 is 1.43 bits per heavy atom. The van der Waals surface area contributed by atoms with Crippen LogP contribution in [-0.2, 0) is 4.79 Å². The maximum Gasteiger partial charge on any atom is 0.236 e. The van der Waals surface area contributed by atoms with Crippen molar-refractivity contribution in [3.63, 3.8) is 0 Å². The van der Waals surface area contributed by atoms with Gasteiger partial charge in [-0.05, 0) is 44.2 Å². The largest absolute Gasteiger partial charge is 0.487 e. The second kappa shape index (κ2) is 5.85. The molecule has 5 heteroatoms. The maximum absolute atomic E-state index is 11.8. The molecular weight excluding hydrogens is 288 g/mol. The zero-order chi connectivity index (χ0) is 14.3. The van der Waals surface area contributed by atoms with Gasteiger partial charge in [-0.3, -0.25) is 4.79 Å². The highest BCUT2D eigenvalue weighted by Crippen LogP contribution is 2.48. The highest BCUT2D eigenvalue weighted by Gasteiger charge is 2.44. The van der Waals surface area contributed by atoms with Crippen LogP contribution in [0.2, 0.25) is 0 Å². The normalized spacial score (nSPS) is 31.2. The Bertz CT molecular complexity index is 535. The van der Waals surface area contributed by atoms with Gasteiger partial charge in [0.15, 0.2) is 0 Å². The first kappa shape index (κ1) is 16.1. The third-order valence-electron chi connectivity index (χ3n) is 4.40. The molecule has 0 saturated heterocycles. The summed E-state index contributed by atoms with van der Waals surface area (Å²) in [6, 6.07) is 7.92. The van der Waals surface area contributed by atoms with Gasteiger partial charge in [0.25, 0.3) is 0 Å². The molecule has 1 amide bonds. The number of hydrogen-bond acceptors (Lipinski definition) is 3. The number of benzene rings is 1. The highest BCUT2D eigenvalue weighted by molar-refractivity contribution is 5.85. The van der Waals surface area contributed by atoms with E-state index in [4.69, 9.17) is 10.5 Å². The van der Waals surface area contributed by atoms with Gasteiger partial charge in [0, 0.05) is 12.5 Å². The van der Waals surface area contributed by atoms with Crippen LogP contribution in [0.1, 0.15) is 44.6 Å². The molecule has 4 atom stereocenters. The van der Waals surface area contributed by atoms with Crippen LogP contribution in [-0.4, -0.2) is 23.6 Å². The summed E-state index contributed by atoms with van der Waals surface area (Å²) in [5.41, 5.74) is 6.72. The Hall–Kier alpha value is -1.26. The van der Waals surface area contributed by atoms with E-state index in [0.29, 0.717) is 5.92 Å². The van der Waals surface area contributed by atoms with Crippen molar-refractivity contribution in [1.29, 1.82) is 0 Å². The lowest BCUT2D eigenvalue weighted by molar-refractivity contribution is -0.123. The molecule has 4 nitrogen and oxygen atoms in total. The van der Waals surface area contributed by atoms with Gasteiger partial charge in [-0.25, -0.2) is 0 Å². The number of para-hydroxylation sites is 1. The number of rotatable bonds is 2. The van der Waals surface area contributed by atoms with Gasteiger partial charge in [-0.15, -0.1) is 12.4 Å². The minimum Gasteiger partial charge on any atom is -0.487 e. The van der Waals surface area contributed by atoms with Gasteiger partial charge in [0.05, 0.1) is 6.04 Å². The van der Waals surface area contributed by atoms with Crippen LogP contribution >= 0.6 is 12.4 Å². The summed E-state index contributed by atoms with van der Waals surface area (Å²) >= 11 is 0. The fourth-order valence-electron chi connectivity index (χ4n) is 3.57. The quantitative estimate of drug-likeness (QED) is 0.881. The molecule has 3 rings (SSSR count). The molecule has 1 aliphatic heterocycles. The molecule has 1 saturated carbocycles. The van der Waals surface area contributed by atoms with Crippen LogP contribution in [0.3, 0.4) is 0 Å². The molecule has 1 aliphatic carbocycles. The van der Waals surface area contributed by atoms with Crippen molar-refractivity contribution in [2.75, 3.05) is 0 Å². The Labute approximate surface area is 131 Å². The van der Waals surface area contributed by atoms with Crippen molar-refractivity contribution in [2.45, 2.75) is 56.7 Å². The summed E-state index contributed by atoms with van der Waals surface area (Å²) in [5.74, 6) is 1.38. The zero-order valence-electron chi connectivity index (χ0n) is 12.5. The molecule has 1 aromatic rings. The minimum atomic E-state index is -0.460. The van der Waals surface area contributed by atoms with E-state index in [9.17, 15) is 4.79 Å². The molecule has 3 unspecified atom stereocenters. The lowest BCUT2D eigenvalue weighted by Gasteiger charge is -2.47. The molecule has 1 aromatic carbocycles. The summed E-state index contributed by atoms with van der Waals surface area (Å²) in [5, 5.41) is 3.06. The smallest absolute Gasteiger partial charge is 0.236 e. The van der Waals surface area contributed by atoms with Gasteiger partial charge < -0.3 is 15.8 Å². The average molecular weight is 311 g/mol. The first-order chi connectivity index (χ1) is 9.47. The Balaban J connectivity index is 0.00000161. The van der Waals surface area contributed by atoms with E-state index < -0.39 is 6.04 Å². The van der Waals surface area contributed by atoms with E-state index in [0.717, 1.165) is 25.0 Å². The van der Waals surface area contributed by atoms with E-state index in [2.05, 4.69) is 24.4 Å². The Kier molecular flexibility index (Phi) is 4.49. The molecule has 2 aliphatic rings. The van der Waals surface area contributed by atoms with Gasteiger partial charge in [-0.1, -0.05) is 18.2 Å². The molecule has 1 fully saturated rings. The van der Waals surface area contributed by atoms with Crippen molar-refractivity contribution < 1.29 is 9.53 Å². The lowest BCUT2D eigenvalue weighted by atomic mass is 9.71. The van der Waals surface area contributed by atoms with Crippen LogP contribution < -0.4 is 15.8 Å². The molecule has 0 spiro atoms. The molecule has 0 aromatic heterocycles. The number of nitrogens with two attached hydrogens (primary N) is 1. The molecule has 116 valence electrons. The first-order valence-electron chi connectivity index (χ1n) is 7.31. The van der Waals surface area contributed by atoms with Crippen LogP contribution in [0.5, 0.6) is 5.75 Å². The van der Waals surface area contributed by atoms with E-state index in [1.807, 2.05) is 12.1 Å². The number of hydrogen-bond donors (Lipinski definition) is 2. The van der Waals surface area contributed by atoms with Gasteiger partial charge in [0.1, 0.15) is 11.4 Å². The number of halogens is 1. The van der Waals surface area contributed by atoms with Crippen molar-refractivity contribution in [3.05, 3.63) is 29.8 Å². The van der Waals surface area contributed by atoms with Crippen molar-refractivity contribution in [3.8, 4) is 5.75 Å². The molecule has 0 radical (unpaired) electrons. The van der Waals surface area contributed by atoms with E-state index in [-0.39, 0.29) is 30.0 Å². The van der Waals surface area contributed by atoms with Gasteiger partial charge >= 0.3 is 0 Å². The van der Waals surface area contributed by atoms with E-state index >= 15 is 0 Å². The summed E-state index contributed by atoms with van der Waals surface area (Å²) in [4.78, 5) is 11.8. The minimum absolute atomic E-state index is 0. The Morgan fingerprint density at radius 3 is 2.86 bits per heavy atom. The highest BCUT2D eigenvalue weighted by atomic mass is 35.5. The summed E-state index contributed by atoms with van der Waals surface area (Å²) in [6.07, 6.45) is 2.83. The van der Waals surface area contributed by atoms with Crippen LogP contribution in [0.15, 0.2) is 24.3 Å². The van der Waals surface area contributed by atoms with Gasteiger partial charge in [0.2, 0.25) is 5.91 Å². The van der Waals surface area contributed by atoms with Gasteiger partial charge in [-0.2, -0.15) is 0 Å². The number of ether oxygens (including phenoxy) is 1. The topological polar surface area (TPSA) is 64.4 Å². The second-order valence-electron chi connectivity index (χ2n) is 6.42. The SMILES string of the molecule is CC(N)C(=O)N[C@H]1CC2CC(C)(C1)Oc1ccccc12.Cl. The molecule has 21 heavy (non-hydrogen) atoms.